The van der Waals surface area contributed by atoms with Crippen molar-refractivity contribution < 1.29 is 9.53 Å². The molecule has 0 saturated heterocycles. The van der Waals surface area contributed by atoms with E-state index in [1.165, 1.54) is 0 Å². The SMILES string of the molecule is COc1ccc(C(=O)c2cc(C)cc(C)c2)cc1Cl. The molecule has 0 atom stereocenters. The highest BCUT2D eigenvalue weighted by Crippen LogP contribution is 2.26. The van der Waals surface area contributed by atoms with Gasteiger partial charge in [-0.25, -0.2) is 0 Å². The van der Waals surface area contributed by atoms with Crippen LogP contribution in [0.25, 0.3) is 0 Å². The van der Waals surface area contributed by atoms with Gasteiger partial charge in [-0.3, -0.25) is 4.79 Å². The molecule has 0 aliphatic rings. The maximum atomic E-state index is 12.4. The molecule has 2 aromatic carbocycles. The van der Waals surface area contributed by atoms with Gasteiger partial charge < -0.3 is 4.74 Å². The minimum atomic E-state index is -0.0312. The van der Waals surface area contributed by atoms with Gasteiger partial charge in [-0.05, 0) is 44.2 Å². The lowest BCUT2D eigenvalue weighted by Gasteiger charge is -2.07. The predicted molar refractivity (Wildman–Crippen MR) is 77.4 cm³/mol. The second-order valence-corrected chi connectivity index (χ2v) is 4.96. The van der Waals surface area contributed by atoms with Crippen LogP contribution in [0.4, 0.5) is 0 Å². The fraction of sp³-hybridized carbons (Fsp3) is 0.188. The van der Waals surface area contributed by atoms with Crippen LogP contribution in [0.3, 0.4) is 0 Å². The molecule has 0 bridgehead atoms. The van der Waals surface area contributed by atoms with E-state index in [9.17, 15) is 4.79 Å². The molecule has 0 radical (unpaired) electrons. The van der Waals surface area contributed by atoms with Gasteiger partial charge in [0.05, 0.1) is 12.1 Å². The average molecular weight is 275 g/mol. The van der Waals surface area contributed by atoms with E-state index in [1.54, 1.807) is 25.3 Å². The summed E-state index contributed by atoms with van der Waals surface area (Å²) in [4.78, 5) is 12.4. The highest BCUT2D eigenvalue weighted by atomic mass is 35.5. The van der Waals surface area contributed by atoms with E-state index in [1.807, 2.05) is 32.0 Å². The standard InChI is InChI=1S/C16H15ClO2/c1-10-6-11(2)8-13(7-10)16(18)12-4-5-15(19-3)14(17)9-12/h4-9H,1-3H3. The molecule has 19 heavy (non-hydrogen) atoms. The Kier molecular flexibility index (Phi) is 3.91. The summed E-state index contributed by atoms with van der Waals surface area (Å²) in [6.45, 7) is 3.95. The third-order valence-electron chi connectivity index (χ3n) is 2.90. The van der Waals surface area contributed by atoms with Crippen molar-refractivity contribution in [3.63, 3.8) is 0 Å². The molecule has 3 heteroatoms. The topological polar surface area (TPSA) is 26.3 Å². The molecule has 2 nitrogen and oxygen atoms in total. The van der Waals surface area contributed by atoms with Gasteiger partial charge >= 0.3 is 0 Å². The van der Waals surface area contributed by atoms with Crippen molar-refractivity contribution >= 4 is 17.4 Å². The largest absolute Gasteiger partial charge is 0.495 e. The average Bonchev–Trinajstić information content (AvgIpc) is 2.36. The van der Waals surface area contributed by atoms with Crippen LogP contribution in [-0.2, 0) is 0 Å². The predicted octanol–water partition coefficient (Wildman–Crippen LogP) is 4.20. The first-order valence-electron chi connectivity index (χ1n) is 5.98. The summed E-state index contributed by atoms with van der Waals surface area (Å²) in [5.41, 5.74) is 3.39. The van der Waals surface area contributed by atoms with Crippen LogP contribution >= 0.6 is 11.6 Å². The molecule has 0 heterocycles. The zero-order valence-corrected chi connectivity index (χ0v) is 11.9. The van der Waals surface area contributed by atoms with E-state index in [4.69, 9.17) is 16.3 Å². The number of rotatable bonds is 3. The molecule has 0 amide bonds. The number of aryl methyl sites for hydroxylation is 2. The van der Waals surface area contributed by atoms with E-state index >= 15 is 0 Å². The highest BCUT2D eigenvalue weighted by molar-refractivity contribution is 6.32. The van der Waals surface area contributed by atoms with Crippen LogP contribution in [0.2, 0.25) is 5.02 Å². The number of hydrogen-bond acceptors (Lipinski definition) is 2. The lowest BCUT2D eigenvalue weighted by Crippen LogP contribution is -2.02. The maximum absolute atomic E-state index is 12.4. The number of hydrogen-bond donors (Lipinski definition) is 0. The van der Waals surface area contributed by atoms with Crippen molar-refractivity contribution in [2.24, 2.45) is 0 Å². The lowest BCUT2D eigenvalue weighted by molar-refractivity contribution is 0.103. The fourth-order valence-electron chi connectivity index (χ4n) is 2.08. The molecule has 0 saturated carbocycles. The van der Waals surface area contributed by atoms with Gasteiger partial charge in [0.15, 0.2) is 5.78 Å². The normalized spacial score (nSPS) is 10.3. The molecule has 2 aromatic rings. The third-order valence-corrected chi connectivity index (χ3v) is 3.19. The molecular formula is C16H15ClO2. The Labute approximate surface area is 118 Å². The van der Waals surface area contributed by atoms with Crippen molar-refractivity contribution in [3.05, 3.63) is 63.7 Å². The van der Waals surface area contributed by atoms with Gasteiger partial charge in [0.1, 0.15) is 5.75 Å². The van der Waals surface area contributed by atoms with Crippen LogP contribution in [0, 0.1) is 13.8 Å². The molecule has 0 spiro atoms. The number of ether oxygens (including phenoxy) is 1. The van der Waals surface area contributed by atoms with E-state index in [2.05, 4.69) is 0 Å². The highest BCUT2D eigenvalue weighted by Gasteiger charge is 2.12. The second kappa shape index (κ2) is 5.45. The maximum Gasteiger partial charge on any atom is 0.193 e. The number of carbonyl (C=O) groups is 1. The Morgan fingerprint density at radius 1 is 1.00 bits per heavy atom. The van der Waals surface area contributed by atoms with Crippen LogP contribution in [-0.4, -0.2) is 12.9 Å². The van der Waals surface area contributed by atoms with Crippen LogP contribution in [0.15, 0.2) is 36.4 Å². The monoisotopic (exact) mass is 274 g/mol. The van der Waals surface area contributed by atoms with Crippen molar-refractivity contribution in [2.45, 2.75) is 13.8 Å². The number of benzene rings is 2. The summed E-state index contributed by atoms with van der Waals surface area (Å²) >= 11 is 6.05. The summed E-state index contributed by atoms with van der Waals surface area (Å²) in [7, 11) is 1.55. The van der Waals surface area contributed by atoms with Crippen LogP contribution in [0.1, 0.15) is 27.0 Å². The Morgan fingerprint density at radius 2 is 1.63 bits per heavy atom. The molecule has 0 unspecified atom stereocenters. The Bertz CT molecular complexity index is 612. The van der Waals surface area contributed by atoms with Gasteiger partial charge in [-0.2, -0.15) is 0 Å². The first-order chi connectivity index (χ1) is 9.01. The van der Waals surface area contributed by atoms with Gasteiger partial charge in [0.2, 0.25) is 0 Å². The summed E-state index contributed by atoms with van der Waals surface area (Å²) in [5, 5.41) is 0.442. The molecule has 98 valence electrons. The van der Waals surface area contributed by atoms with E-state index in [0.717, 1.165) is 11.1 Å². The minimum Gasteiger partial charge on any atom is -0.495 e. The number of methoxy groups -OCH3 is 1. The molecular weight excluding hydrogens is 260 g/mol. The summed E-state index contributed by atoms with van der Waals surface area (Å²) in [6, 6.07) is 10.9. The van der Waals surface area contributed by atoms with Crippen molar-refractivity contribution in [1.29, 1.82) is 0 Å². The Balaban J connectivity index is 2.41. The smallest absolute Gasteiger partial charge is 0.193 e. The second-order valence-electron chi connectivity index (χ2n) is 4.55. The minimum absolute atomic E-state index is 0.0312. The van der Waals surface area contributed by atoms with Gasteiger partial charge in [0, 0.05) is 11.1 Å². The Morgan fingerprint density at radius 3 is 2.16 bits per heavy atom. The van der Waals surface area contributed by atoms with E-state index in [0.29, 0.717) is 21.9 Å². The van der Waals surface area contributed by atoms with Crippen molar-refractivity contribution in [3.8, 4) is 5.75 Å². The first-order valence-corrected chi connectivity index (χ1v) is 6.35. The molecule has 0 aliphatic carbocycles. The fourth-order valence-corrected chi connectivity index (χ4v) is 2.34. The van der Waals surface area contributed by atoms with Crippen molar-refractivity contribution in [1.82, 2.24) is 0 Å². The van der Waals surface area contributed by atoms with Crippen molar-refractivity contribution in [2.75, 3.05) is 7.11 Å². The van der Waals surface area contributed by atoms with Crippen LogP contribution in [0.5, 0.6) is 5.75 Å². The summed E-state index contributed by atoms with van der Waals surface area (Å²) in [5.74, 6) is 0.537. The zero-order valence-electron chi connectivity index (χ0n) is 11.2. The molecule has 0 N–H and O–H groups in total. The summed E-state index contributed by atoms with van der Waals surface area (Å²) < 4.78 is 5.08. The first kappa shape index (κ1) is 13.6. The van der Waals surface area contributed by atoms with Gasteiger partial charge in [0.25, 0.3) is 0 Å². The van der Waals surface area contributed by atoms with Gasteiger partial charge in [-0.15, -0.1) is 0 Å². The molecule has 0 aliphatic heterocycles. The number of halogens is 1. The third kappa shape index (κ3) is 2.96. The zero-order chi connectivity index (χ0) is 14.0. The number of ketones is 1. The van der Waals surface area contributed by atoms with E-state index < -0.39 is 0 Å². The van der Waals surface area contributed by atoms with Gasteiger partial charge in [-0.1, -0.05) is 28.8 Å². The Hall–Kier alpha value is -1.80. The van der Waals surface area contributed by atoms with E-state index in [-0.39, 0.29) is 5.78 Å². The molecule has 0 fully saturated rings. The van der Waals surface area contributed by atoms with Crippen LogP contribution < -0.4 is 4.74 Å². The summed E-state index contributed by atoms with van der Waals surface area (Å²) in [6.07, 6.45) is 0. The number of carbonyl (C=O) groups excluding carboxylic acids is 1. The molecule has 0 aromatic heterocycles. The lowest BCUT2D eigenvalue weighted by atomic mass is 9.99. The molecule has 2 rings (SSSR count). The quantitative estimate of drug-likeness (QED) is 0.784.